The van der Waals surface area contributed by atoms with E-state index in [1.54, 1.807) is 12.5 Å². The van der Waals surface area contributed by atoms with E-state index in [1.165, 1.54) is 32.1 Å². The van der Waals surface area contributed by atoms with Crippen LogP contribution in [0, 0.1) is 5.41 Å². The zero-order valence-electron chi connectivity index (χ0n) is 16.3. The van der Waals surface area contributed by atoms with Crippen LogP contribution in [0.4, 0.5) is 0 Å². The molecule has 2 amide bonds. The zero-order chi connectivity index (χ0) is 18.7. The molecule has 0 unspecified atom stereocenters. The van der Waals surface area contributed by atoms with Gasteiger partial charge in [-0.3, -0.25) is 9.59 Å². The second kappa shape index (κ2) is 8.03. The number of hydrogen-bond acceptors (Lipinski definition) is 3. The van der Waals surface area contributed by atoms with Crippen LogP contribution in [-0.2, 0) is 16.1 Å². The molecule has 27 heavy (non-hydrogen) atoms. The molecule has 1 spiro atoms. The normalized spacial score (nSPS) is 26.9. The summed E-state index contributed by atoms with van der Waals surface area (Å²) in [4.78, 5) is 34.2. The lowest BCUT2D eigenvalue weighted by atomic mass is 9.77. The number of carbonyl (C=O) groups excluding carboxylic acids is 2. The highest BCUT2D eigenvalue weighted by Crippen LogP contribution is 2.42. The number of hydrogen-bond donors (Lipinski definition) is 0. The SMILES string of the molecule is O=C(CCCn1ccnc1)N1CC[C@@]2(CCCN(C3CCCCC3)C2=O)C1. The first kappa shape index (κ1) is 18.5. The Balaban J connectivity index is 1.32. The summed E-state index contributed by atoms with van der Waals surface area (Å²) in [6.07, 6.45) is 15.9. The Hall–Kier alpha value is -1.85. The molecule has 1 aliphatic carbocycles. The Morgan fingerprint density at radius 2 is 2.00 bits per heavy atom. The monoisotopic (exact) mass is 372 g/mol. The average Bonchev–Trinajstić information content (AvgIpc) is 3.36. The van der Waals surface area contributed by atoms with E-state index in [9.17, 15) is 9.59 Å². The highest BCUT2D eigenvalue weighted by molar-refractivity contribution is 5.86. The van der Waals surface area contributed by atoms with Gasteiger partial charge in [-0.05, 0) is 38.5 Å². The maximum atomic E-state index is 13.4. The smallest absolute Gasteiger partial charge is 0.230 e. The van der Waals surface area contributed by atoms with Crippen LogP contribution >= 0.6 is 0 Å². The summed E-state index contributed by atoms with van der Waals surface area (Å²) in [5.41, 5.74) is -0.296. The predicted octanol–water partition coefficient (Wildman–Crippen LogP) is 2.84. The topological polar surface area (TPSA) is 58.4 Å². The molecule has 0 N–H and O–H groups in total. The summed E-state index contributed by atoms with van der Waals surface area (Å²) >= 11 is 0. The van der Waals surface area contributed by atoms with Crippen LogP contribution in [0.15, 0.2) is 18.7 Å². The van der Waals surface area contributed by atoms with Crippen molar-refractivity contribution in [3.05, 3.63) is 18.7 Å². The molecular formula is C21H32N4O2. The fourth-order valence-corrected chi connectivity index (χ4v) is 5.30. The fourth-order valence-electron chi connectivity index (χ4n) is 5.30. The third-order valence-electron chi connectivity index (χ3n) is 6.86. The molecule has 0 bridgehead atoms. The quantitative estimate of drug-likeness (QED) is 0.799. The predicted molar refractivity (Wildman–Crippen MR) is 103 cm³/mol. The summed E-state index contributed by atoms with van der Waals surface area (Å²) in [6, 6.07) is 0.448. The van der Waals surface area contributed by atoms with E-state index in [0.29, 0.717) is 24.9 Å². The van der Waals surface area contributed by atoms with E-state index in [1.807, 2.05) is 15.7 Å². The van der Waals surface area contributed by atoms with E-state index in [4.69, 9.17) is 0 Å². The van der Waals surface area contributed by atoms with Gasteiger partial charge in [-0.15, -0.1) is 0 Å². The molecule has 0 aromatic carbocycles. The van der Waals surface area contributed by atoms with Crippen molar-refractivity contribution in [3.63, 3.8) is 0 Å². The van der Waals surface area contributed by atoms with Crippen LogP contribution in [0.1, 0.15) is 64.2 Å². The standard InChI is InChI=1S/C21H32N4O2/c26-19(8-4-12-23-15-11-22-17-23)24-14-10-21(16-24)9-5-13-25(20(21)27)18-6-2-1-3-7-18/h11,15,17-18H,1-10,12-14,16H2/t21-/m0/s1. The highest BCUT2D eigenvalue weighted by Gasteiger charge is 2.50. The number of likely N-dealkylation sites (tertiary alicyclic amines) is 2. The number of rotatable bonds is 5. The third kappa shape index (κ3) is 3.90. The lowest BCUT2D eigenvalue weighted by molar-refractivity contribution is -0.149. The van der Waals surface area contributed by atoms with Crippen molar-refractivity contribution in [2.45, 2.75) is 76.8 Å². The number of aryl methyl sites for hydroxylation is 1. The van der Waals surface area contributed by atoms with Gasteiger partial charge in [0.15, 0.2) is 0 Å². The molecule has 6 heteroatoms. The van der Waals surface area contributed by atoms with Gasteiger partial charge in [-0.25, -0.2) is 4.98 Å². The molecule has 148 valence electrons. The average molecular weight is 373 g/mol. The van der Waals surface area contributed by atoms with Crippen molar-refractivity contribution in [1.29, 1.82) is 0 Å². The zero-order valence-corrected chi connectivity index (χ0v) is 16.3. The highest BCUT2D eigenvalue weighted by atomic mass is 16.2. The summed E-state index contributed by atoms with van der Waals surface area (Å²) in [5.74, 6) is 0.545. The van der Waals surface area contributed by atoms with Crippen LogP contribution in [0.3, 0.4) is 0 Å². The van der Waals surface area contributed by atoms with Gasteiger partial charge in [0, 0.05) is 51.0 Å². The number of amides is 2. The lowest BCUT2D eigenvalue weighted by Crippen LogP contribution is -2.54. The minimum absolute atomic E-state index is 0.203. The summed E-state index contributed by atoms with van der Waals surface area (Å²) < 4.78 is 2.01. The molecule has 3 heterocycles. The van der Waals surface area contributed by atoms with Crippen molar-refractivity contribution < 1.29 is 9.59 Å². The molecular weight excluding hydrogens is 340 g/mol. The van der Waals surface area contributed by atoms with E-state index in [0.717, 1.165) is 45.3 Å². The molecule has 1 aromatic rings. The number of carbonyl (C=O) groups is 2. The van der Waals surface area contributed by atoms with Crippen molar-refractivity contribution in [1.82, 2.24) is 19.4 Å². The van der Waals surface area contributed by atoms with E-state index in [2.05, 4.69) is 9.88 Å². The number of imidazole rings is 1. The van der Waals surface area contributed by atoms with Crippen LogP contribution in [0.5, 0.6) is 0 Å². The number of aromatic nitrogens is 2. The van der Waals surface area contributed by atoms with Gasteiger partial charge in [0.1, 0.15) is 0 Å². The Morgan fingerprint density at radius 1 is 1.15 bits per heavy atom. The maximum Gasteiger partial charge on any atom is 0.230 e. The van der Waals surface area contributed by atoms with E-state index in [-0.39, 0.29) is 11.3 Å². The molecule has 2 saturated heterocycles. The van der Waals surface area contributed by atoms with Crippen LogP contribution in [0.2, 0.25) is 0 Å². The van der Waals surface area contributed by atoms with Gasteiger partial charge in [0.2, 0.25) is 11.8 Å². The first-order valence-electron chi connectivity index (χ1n) is 10.7. The summed E-state index contributed by atoms with van der Waals surface area (Å²) in [7, 11) is 0. The molecule has 1 aromatic heterocycles. The molecule has 1 saturated carbocycles. The Bertz CT molecular complexity index is 653. The molecule has 1 atom stereocenters. The van der Waals surface area contributed by atoms with Gasteiger partial charge < -0.3 is 14.4 Å². The second-order valence-corrected chi connectivity index (χ2v) is 8.64. The van der Waals surface area contributed by atoms with Crippen LogP contribution in [-0.4, -0.2) is 56.8 Å². The molecule has 4 rings (SSSR count). The van der Waals surface area contributed by atoms with Gasteiger partial charge in [0.05, 0.1) is 11.7 Å². The van der Waals surface area contributed by atoms with Gasteiger partial charge in [-0.1, -0.05) is 19.3 Å². The van der Waals surface area contributed by atoms with Crippen molar-refractivity contribution in [3.8, 4) is 0 Å². The molecule has 3 fully saturated rings. The molecule has 6 nitrogen and oxygen atoms in total. The van der Waals surface area contributed by atoms with Crippen LogP contribution < -0.4 is 0 Å². The Morgan fingerprint density at radius 3 is 2.78 bits per heavy atom. The van der Waals surface area contributed by atoms with Crippen LogP contribution in [0.25, 0.3) is 0 Å². The third-order valence-corrected chi connectivity index (χ3v) is 6.86. The lowest BCUT2D eigenvalue weighted by Gasteiger charge is -2.44. The van der Waals surface area contributed by atoms with Gasteiger partial charge in [0.25, 0.3) is 0 Å². The Labute approximate surface area is 161 Å². The van der Waals surface area contributed by atoms with Crippen molar-refractivity contribution in [2.75, 3.05) is 19.6 Å². The van der Waals surface area contributed by atoms with E-state index >= 15 is 0 Å². The summed E-state index contributed by atoms with van der Waals surface area (Å²) in [6.45, 7) is 3.12. The van der Waals surface area contributed by atoms with E-state index < -0.39 is 0 Å². The Kier molecular flexibility index (Phi) is 5.50. The fraction of sp³-hybridized carbons (Fsp3) is 0.762. The van der Waals surface area contributed by atoms with Crippen molar-refractivity contribution >= 4 is 11.8 Å². The molecule has 2 aliphatic heterocycles. The van der Waals surface area contributed by atoms with Crippen molar-refractivity contribution in [2.24, 2.45) is 5.41 Å². The number of nitrogens with zero attached hydrogens (tertiary/aromatic N) is 4. The largest absolute Gasteiger partial charge is 0.342 e. The molecule has 0 radical (unpaired) electrons. The minimum Gasteiger partial charge on any atom is -0.342 e. The minimum atomic E-state index is -0.296. The molecule has 3 aliphatic rings. The van der Waals surface area contributed by atoms with Gasteiger partial charge in [-0.2, -0.15) is 0 Å². The summed E-state index contributed by atoms with van der Waals surface area (Å²) in [5, 5.41) is 0. The van der Waals surface area contributed by atoms with Gasteiger partial charge >= 0.3 is 0 Å². The maximum absolute atomic E-state index is 13.4. The first-order chi connectivity index (χ1) is 13.2. The number of piperidine rings is 1. The first-order valence-corrected chi connectivity index (χ1v) is 10.7. The second-order valence-electron chi connectivity index (χ2n) is 8.64.